The monoisotopic (exact) mass is 329 g/mol. The van der Waals surface area contributed by atoms with Crippen LogP contribution in [0.3, 0.4) is 0 Å². The number of nitrogens with zero attached hydrogens (tertiary/aromatic N) is 1. The number of amides is 1. The van der Waals surface area contributed by atoms with Crippen molar-refractivity contribution in [3.63, 3.8) is 0 Å². The van der Waals surface area contributed by atoms with Crippen LogP contribution in [0, 0.1) is 5.82 Å². The Bertz CT molecular complexity index is 772. The van der Waals surface area contributed by atoms with Crippen molar-refractivity contribution in [1.82, 2.24) is 0 Å². The minimum Gasteiger partial charge on any atom is -0.306 e. The van der Waals surface area contributed by atoms with Crippen LogP contribution in [0.1, 0.15) is 24.5 Å². The second kappa shape index (κ2) is 6.55. The Labute approximate surface area is 140 Å². The lowest BCUT2D eigenvalue weighted by molar-refractivity contribution is -0.114. The van der Waals surface area contributed by atoms with Gasteiger partial charge in [0.2, 0.25) is 0 Å². The summed E-state index contributed by atoms with van der Waals surface area (Å²) in [5, 5.41) is 0.631. The van der Waals surface area contributed by atoms with E-state index in [-0.39, 0.29) is 17.8 Å². The topological polar surface area (TPSA) is 20.3 Å². The van der Waals surface area contributed by atoms with E-state index in [9.17, 15) is 9.18 Å². The largest absolute Gasteiger partial charge is 0.306 e. The molecule has 0 spiro atoms. The van der Waals surface area contributed by atoms with Crippen molar-refractivity contribution < 1.29 is 9.18 Å². The molecule has 0 saturated heterocycles. The van der Waals surface area contributed by atoms with Crippen molar-refractivity contribution in [2.45, 2.75) is 25.8 Å². The van der Waals surface area contributed by atoms with Crippen LogP contribution in [0.25, 0.3) is 6.08 Å². The Balaban J connectivity index is 1.87. The van der Waals surface area contributed by atoms with Gasteiger partial charge in [0, 0.05) is 22.8 Å². The van der Waals surface area contributed by atoms with Crippen LogP contribution in [-0.2, 0) is 11.2 Å². The minimum absolute atomic E-state index is 0.0875. The summed E-state index contributed by atoms with van der Waals surface area (Å²) in [7, 11) is 0. The molecule has 2 aromatic carbocycles. The molecule has 0 aromatic heterocycles. The van der Waals surface area contributed by atoms with Crippen molar-refractivity contribution >= 4 is 29.3 Å². The third kappa shape index (κ3) is 3.45. The zero-order valence-corrected chi connectivity index (χ0v) is 13.6. The first-order valence-electron chi connectivity index (χ1n) is 7.60. The van der Waals surface area contributed by atoms with Crippen molar-refractivity contribution in [3.8, 4) is 0 Å². The van der Waals surface area contributed by atoms with Crippen LogP contribution in [-0.4, -0.2) is 11.9 Å². The lowest BCUT2D eigenvalue weighted by Crippen LogP contribution is -2.41. The standard InChI is InChI=1S/C19H17ClFNO/c1-13-5-7-15-12-17(21)8-9-18(15)22(13)19(23)10-6-14-3-2-4-16(20)11-14/h2-4,6,8-13H,5,7H2,1H3/b10-6+. The fourth-order valence-corrected chi connectivity index (χ4v) is 3.11. The van der Waals surface area contributed by atoms with E-state index in [0.717, 1.165) is 29.7 Å². The molecule has 1 aliphatic heterocycles. The van der Waals surface area contributed by atoms with E-state index < -0.39 is 0 Å². The molecule has 0 radical (unpaired) electrons. The van der Waals surface area contributed by atoms with Gasteiger partial charge in [-0.1, -0.05) is 23.7 Å². The summed E-state index contributed by atoms with van der Waals surface area (Å²) < 4.78 is 13.4. The number of fused-ring (bicyclic) bond motifs is 1. The van der Waals surface area contributed by atoms with Gasteiger partial charge in [0.15, 0.2) is 0 Å². The molecule has 2 nitrogen and oxygen atoms in total. The number of hydrogen-bond donors (Lipinski definition) is 0. The predicted molar refractivity (Wildman–Crippen MR) is 92.2 cm³/mol. The number of rotatable bonds is 2. The average molecular weight is 330 g/mol. The van der Waals surface area contributed by atoms with Crippen LogP contribution < -0.4 is 4.90 Å². The summed E-state index contributed by atoms with van der Waals surface area (Å²) in [5.41, 5.74) is 2.55. The summed E-state index contributed by atoms with van der Waals surface area (Å²) in [6, 6.07) is 12.0. The van der Waals surface area contributed by atoms with E-state index in [0.29, 0.717) is 5.02 Å². The number of hydrogen-bond acceptors (Lipinski definition) is 1. The molecule has 0 fully saturated rings. The maximum absolute atomic E-state index is 13.4. The Morgan fingerprint density at radius 1 is 1.30 bits per heavy atom. The first-order valence-corrected chi connectivity index (χ1v) is 7.97. The molecule has 23 heavy (non-hydrogen) atoms. The molecule has 4 heteroatoms. The fraction of sp³-hybridized carbons (Fsp3) is 0.211. The lowest BCUT2D eigenvalue weighted by Gasteiger charge is -2.34. The van der Waals surface area contributed by atoms with Gasteiger partial charge in [-0.3, -0.25) is 4.79 Å². The molecule has 1 aliphatic rings. The molecule has 1 heterocycles. The van der Waals surface area contributed by atoms with Crippen molar-refractivity contribution in [3.05, 3.63) is 70.5 Å². The molecule has 0 N–H and O–H groups in total. The number of carbonyl (C=O) groups excluding carboxylic acids is 1. The number of halogens is 2. The summed E-state index contributed by atoms with van der Waals surface area (Å²) >= 11 is 5.95. The zero-order chi connectivity index (χ0) is 16.4. The smallest absolute Gasteiger partial charge is 0.251 e. The van der Waals surface area contributed by atoms with Gasteiger partial charge in [0.1, 0.15) is 5.82 Å². The SMILES string of the molecule is CC1CCc2cc(F)ccc2N1C(=O)/C=C/c1cccc(Cl)c1. The summed E-state index contributed by atoms with van der Waals surface area (Å²) in [6.45, 7) is 2.01. The molecule has 0 saturated carbocycles. The molecule has 1 atom stereocenters. The highest BCUT2D eigenvalue weighted by Crippen LogP contribution is 2.31. The Hall–Kier alpha value is -2.13. The molecule has 3 rings (SSSR count). The van der Waals surface area contributed by atoms with E-state index in [1.807, 2.05) is 19.1 Å². The van der Waals surface area contributed by atoms with Crippen LogP contribution in [0.4, 0.5) is 10.1 Å². The van der Waals surface area contributed by atoms with E-state index >= 15 is 0 Å². The molecule has 2 aromatic rings. The molecular formula is C19H17ClFNO. The van der Waals surface area contributed by atoms with Gasteiger partial charge in [0.05, 0.1) is 0 Å². The lowest BCUT2D eigenvalue weighted by atomic mass is 9.96. The quantitative estimate of drug-likeness (QED) is 0.720. The molecule has 0 aliphatic carbocycles. The molecular weight excluding hydrogens is 313 g/mol. The van der Waals surface area contributed by atoms with Crippen LogP contribution >= 0.6 is 11.6 Å². The van der Waals surface area contributed by atoms with Gasteiger partial charge in [-0.05, 0) is 67.3 Å². The first-order chi connectivity index (χ1) is 11.0. The number of benzene rings is 2. The van der Waals surface area contributed by atoms with Gasteiger partial charge in [-0.2, -0.15) is 0 Å². The highest BCUT2D eigenvalue weighted by molar-refractivity contribution is 6.30. The third-order valence-corrected chi connectivity index (χ3v) is 4.31. The van der Waals surface area contributed by atoms with E-state index in [1.165, 1.54) is 12.1 Å². The van der Waals surface area contributed by atoms with Crippen molar-refractivity contribution in [2.24, 2.45) is 0 Å². The molecule has 118 valence electrons. The molecule has 0 bridgehead atoms. The van der Waals surface area contributed by atoms with Crippen molar-refractivity contribution in [2.75, 3.05) is 4.90 Å². The first kappa shape index (κ1) is 15.8. The molecule has 1 unspecified atom stereocenters. The van der Waals surface area contributed by atoms with Crippen LogP contribution in [0.5, 0.6) is 0 Å². The maximum atomic E-state index is 13.4. The average Bonchev–Trinajstić information content (AvgIpc) is 2.53. The van der Waals surface area contributed by atoms with E-state index in [4.69, 9.17) is 11.6 Å². The van der Waals surface area contributed by atoms with Gasteiger partial charge < -0.3 is 4.90 Å². The zero-order valence-electron chi connectivity index (χ0n) is 12.8. The number of carbonyl (C=O) groups is 1. The van der Waals surface area contributed by atoms with Crippen molar-refractivity contribution in [1.29, 1.82) is 0 Å². The van der Waals surface area contributed by atoms with Gasteiger partial charge in [-0.15, -0.1) is 0 Å². The third-order valence-electron chi connectivity index (χ3n) is 4.08. The fourth-order valence-electron chi connectivity index (χ4n) is 2.91. The van der Waals surface area contributed by atoms with Crippen LogP contribution in [0.15, 0.2) is 48.5 Å². The Morgan fingerprint density at radius 2 is 2.13 bits per heavy atom. The second-order valence-electron chi connectivity index (χ2n) is 5.76. The maximum Gasteiger partial charge on any atom is 0.251 e. The highest BCUT2D eigenvalue weighted by atomic mass is 35.5. The second-order valence-corrected chi connectivity index (χ2v) is 6.19. The number of anilines is 1. The normalized spacial score (nSPS) is 17.3. The summed E-state index contributed by atoms with van der Waals surface area (Å²) in [6.07, 6.45) is 4.91. The van der Waals surface area contributed by atoms with Gasteiger partial charge >= 0.3 is 0 Å². The molecule has 1 amide bonds. The van der Waals surface area contributed by atoms with Gasteiger partial charge in [0.25, 0.3) is 5.91 Å². The number of aryl methyl sites for hydroxylation is 1. The minimum atomic E-state index is -0.264. The Kier molecular flexibility index (Phi) is 4.49. The Morgan fingerprint density at radius 3 is 2.91 bits per heavy atom. The highest BCUT2D eigenvalue weighted by Gasteiger charge is 2.27. The van der Waals surface area contributed by atoms with E-state index in [2.05, 4.69) is 0 Å². The van der Waals surface area contributed by atoms with Crippen LogP contribution in [0.2, 0.25) is 5.02 Å². The predicted octanol–water partition coefficient (Wildman–Crippen LogP) is 4.86. The summed E-state index contributed by atoms with van der Waals surface area (Å²) in [5.74, 6) is -0.370. The van der Waals surface area contributed by atoms with Gasteiger partial charge in [-0.25, -0.2) is 4.39 Å². The summed E-state index contributed by atoms with van der Waals surface area (Å²) in [4.78, 5) is 14.4. The van der Waals surface area contributed by atoms with E-state index in [1.54, 1.807) is 35.3 Å².